The van der Waals surface area contributed by atoms with Crippen LogP contribution in [-0.2, 0) is 0 Å². The highest BCUT2D eigenvalue weighted by atomic mass is 127. The lowest BCUT2D eigenvalue weighted by molar-refractivity contribution is 1.32. The lowest BCUT2D eigenvalue weighted by atomic mass is 10.2. The molecule has 0 aliphatic carbocycles. The molecule has 0 aliphatic heterocycles. The minimum Gasteiger partial charge on any atom is -0.0890 e. The van der Waals surface area contributed by atoms with Crippen molar-refractivity contribution in [2.75, 3.05) is 0 Å². The molecule has 2 aromatic carbocycles. The summed E-state index contributed by atoms with van der Waals surface area (Å²) < 4.78 is 1.32. The molecule has 15 heavy (non-hydrogen) atoms. The first-order valence-electron chi connectivity index (χ1n) is 4.75. The molecule has 0 aliphatic rings. The van der Waals surface area contributed by atoms with Crippen LogP contribution < -0.4 is 0 Å². The van der Waals surface area contributed by atoms with Gasteiger partial charge in [-0.05, 0) is 53.8 Å². The Balaban J connectivity index is 2.25. The van der Waals surface area contributed by atoms with Crippen molar-refractivity contribution in [1.29, 1.82) is 0 Å². The quantitative estimate of drug-likeness (QED) is 0.718. The van der Waals surface area contributed by atoms with Crippen LogP contribution in [0, 0.1) is 10.5 Å². The summed E-state index contributed by atoms with van der Waals surface area (Å²) in [4.78, 5) is 2.62. The van der Waals surface area contributed by atoms with E-state index in [1.807, 2.05) is 17.8 Å². The zero-order valence-corrected chi connectivity index (χ0v) is 11.4. The summed E-state index contributed by atoms with van der Waals surface area (Å²) in [5.41, 5.74) is 1.32. The van der Waals surface area contributed by atoms with E-state index >= 15 is 0 Å². The average Bonchev–Trinajstić information content (AvgIpc) is 2.24. The molecule has 0 N–H and O–H groups in total. The first-order valence-corrected chi connectivity index (χ1v) is 6.64. The lowest BCUT2D eigenvalue weighted by Gasteiger charge is -2.04. The number of aryl methyl sites for hydroxylation is 1. The Morgan fingerprint density at radius 2 is 1.73 bits per heavy atom. The van der Waals surface area contributed by atoms with Crippen LogP contribution in [0.4, 0.5) is 0 Å². The molecule has 0 saturated carbocycles. The zero-order valence-electron chi connectivity index (χ0n) is 8.41. The fourth-order valence-electron chi connectivity index (χ4n) is 1.30. The van der Waals surface area contributed by atoms with Gasteiger partial charge in [0.2, 0.25) is 0 Å². The summed E-state index contributed by atoms with van der Waals surface area (Å²) in [5, 5.41) is 0. The van der Waals surface area contributed by atoms with E-state index in [9.17, 15) is 0 Å². The Labute approximate surface area is 108 Å². The van der Waals surface area contributed by atoms with Gasteiger partial charge in [-0.2, -0.15) is 0 Å². The molecular weight excluding hydrogens is 315 g/mol. The fourth-order valence-corrected chi connectivity index (χ4v) is 3.15. The van der Waals surface area contributed by atoms with E-state index in [0.717, 1.165) is 0 Å². The van der Waals surface area contributed by atoms with Crippen LogP contribution in [-0.4, -0.2) is 0 Å². The third-order valence-corrected chi connectivity index (χ3v) is 4.40. The van der Waals surface area contributed by atoms with E-state index in [1.165, 1.54) is 18.9 Å². The monoisotopic (exact) mass is 326 g/mol. The molecule has 0 aromatic heterocycles. The normalized spacial score (nSPS) is 10.3. The molecule has 2 aromatic rings. The van der Waals surface area contributed by atoms with Gasteiger partial charge in [0.15, 0.2) is 0 Å². The van der Waals surface area contributed by atoms with E-state index in [2.05, 4.69) is 72.0 Å². The number of benzene rings is 2. The van der Waals surface area contributed by atoms with Crippen molar-refractivity contribution in [3.8, 4) is 0 Å². The summed E-state index contributed by atoms with van der Waals surface area (Å²) >= 11 is 4.21. The van der Waals surface area contributed by atoms with Crippen LogP contribution in [0.15, 0.2) is 58.3 Å². The molecule has 0 amide bonds. The van der Waals surface area contributed by atoms with Gasteiger partial charge in [0, 0.05) is 13.4 Å². The summed E-state index contributed by atoms with van der Waals surface area (Å²) in [5.74, 6) is 0. The summed E-state index contributed by atoms with van der Waals surface area (Å²) in [6, 6.07) is 17.0. The molecule has 0 bridgehead atoms. The van der Waals surface area contributed by atoms with E-state index < -0.39 is 0 Å². The number of hydrogen-bond acceptors (Lipinski definition) is 1. The highest BCUT2D eigenvalue weighted by molar-refractivity contribution is 14.1. The average molecular weight is 326 g/mol. The third-order valence-electron chi connectivity index (χ3n) is 2.06. The largest absolute Gasteiger partial charge is 0.0890 e. The molecule has 0 saturated heterocycles. The molecule has 0 fully saturated rings. The van der Waals surface area contributed by atoms with Crippen molar-refractivity contribution in [1.82, 2.24) is 0 Å². The second kappa shape index (κ2) is 5.03. The van der Waals surface area contributed by atoms with Crippen LogP contribution in [0.2, 0.25) is 0 Å². The summed E-state index contributed by atoms with van der Waals surface area (Å²) in [6.07, 6.45) is 0. The van der Waals surface area contributed by atoms with Crippen molar-refractivity contribution >= 4 is 34.4 Å². The smallest absolute Gasteiger partial charge is 0.0272 e. The molecule has 0 nitrogen and oxygen atoms in total. The second-order valence-corrected chi connectivity index (χ2v) is 5.63. The van der Waals surface area contributed by atoms with Gasteiger partial charge in [-0.3, -0.25) is 0 Å². The molecule has 2 heteroatoms. The van der Waals surface area contributed by atoms with Gasteiger partial charge >= 0.3 is 0 Å². The van der Waals surface area contributed by atoms with Gasteiger partial charge in [-0.25, -0.2) is 0 Å². The van der Waals surface area contributed by atoms with Gasteiger partial charge in [-0.15, -0.1) is 0 Å². The van der Waals surface area contributed by atoms with Gasteiger partial charge in [0.25, 0.3) is 0 Å². The SMILES string of the molecule is Cc1ccc(Sc2ccccc2)c(I)c1. The maximum atomic E-state index is 2.39. The second-order valence-electron chi connectivity index (χ2n) is 3.35. The first kappa shape index (κ1) is 11.0. The van der Waals surface area contributed by atoms with Crippen molar-refractivity contribution in [3.05, 3.63) is 57.7 Å². The molecular formula is C13H11IS. The molecule has 0 heterocycles. The van der Waals surface area contributed by atoms with Gasteiger partial charge in [0.1, 0.15) is 0 Å². The van der Waals surface area contributed by atoms with E-state index in [-0.39, 0.29) is 0 Å². The molecule has 0 radical (unpaired) electrons. The minimum atomic E-state index is 1.29. The van der Waals surface area contributed by atoms with Crippen molar-refractivity contribution < 1.29 is 0 Å². The Morgan fingerprint density at radius 3 is 2.40 bits per heavy atom. The van der Waals surface area contributed by atoms with Crippen molar-refractivity contribution in [2.24, 2.45) is 0 Å². The maximum Gasteiger partial charge on any atom is 0.0272 e. The van der Waals surface area contributed by atoms with Gasteiger partial charge < -0.3 is 0 Å². The Bertz CT molecular complexity index is 451. The first-order chi connectivity index (χ1) is 7.25. The third kappa shape index (κ3) is 2.98. The van der Waals surface area contributed by atoms with Crippen molar-refractivity contribution in [3.63, 3.8) is 0 Å². The molecule has 0 atom stereocenters. The van der Waals surface area contributed by atoms with Crippen LogP contribution in [0.1, 0.15) is 5.56 Å². The highest BCUT2D eigenvalue weighted by Gasteiger charge is 2.01. The van der Waals surface area contributed by atoms with E-state index in [4.69, 9.17) is 0 Å². The molecule has 0 unspecified atom stereocenters. The predicted molar refractivity (Wildman–Crippen MR) is 74.5 cm³/mol. The summed E-state index contributed by atoms with van der Waals surface area (Å²) in [6.45, 7) is 2.12. The minimum absolute atomic E-state index is 1.29. The Hall–Kier alpha value is -0.480. The topological polar surface area (TPSA) is 0 Å². The molecule has 76 valence electrons. The molecule has 0 spiro atoms. The number of rotatable bonds is 2. The number of hydrogen-bond donors (Lipinski definition) is 0. The Kier molecular flexibility index (Phi) is 3.70. The van der Waals surface area contributed by atoms with E-state index in [1.54, 1.807) is 0 Å². The van der Waals surface area contributed by atoms with E-state index in [0.29, 0.717) is 0 Å². The maximum absolute atomic E-state index is 2.39. The predicted octanol–water partition coefficient (Wildman–Crippen LogP) is 4.75. The van der Waals surface area contributed by atoms with Crippen LogP contribution in [0.5, 0.6) is 0 Å². The molecule has 2 rings (SSSR count). The Morgan fingerprint density at radius 1 is 1.00 bits per heavy atom. The fraction of sp³-hybridized carbons (Fsp3) is 0.0769. The highest BCUT2D eigenvalue weighted by Crippen LogP contribution is 2.31. The van der Waals surface area contributed by atoms with Crippen LogP contribution >= 0.6 is 34.4 Å². The van der Waals surface area contributed by atoms with Gasteiger partial charge in [-0.1, -0.05) is 41.6 Å². The van der Waals surface area contributed by atoms with Gasteiger partial charge in [0.05, 0.1) is 0 Å². The standard InChI is InChI=1S/C13H11IS/c1-10-7-8-13(12(14)9-10)15-11-5-3-2-4-6-11/h2-9H,1H3. The van der Waals surface area contributed by atoms with Crippen LogP contribution in [0.3, 0.4) is 0 Å². The summed E-state index contributed by atoms with van der Waals surface area (Å²) in [7, 11) is 0. The number of halogens is 1. The zero-order chi connectivity index (χ0) is 10.7. The lowest BCUT2D eigenvalue weighted by Crippen LogP contribution is -1.81. The van der Waals surface area contributed by atoms with Crippen LogP contribution in [0.25, 0.3) is 0 Å². The van der Waals surface area contributed by atoms with Crippen molar-refractivity contribution in [2.45, 2.75) is 16.7 Å².